The van der Waals surface area contributed by atoms with Crippen molar-refractivity contribution in [2.24, 2.45) is 0 Å². The first kappa shape index (κ1) is 12.4. The zero-order chi connectivity index (χ0) is 11.8. The maximum atomic E-state index is 13.1. The van der Waals surface area contributed by atoms with Gasteiger partial charge in [-0.3, -0.25) is 5.32 Å². The Morgan fingerprint density at radius 3 is 2.88 bits per heavy atom. The molecule has 1 aromatic rings. The van der Waals surface area contributed by atoms with Gasteiger partial charge in [0.1, 0.15) is 12.4 Å². The number of amides is 1. The van der Waals surface area contributed by atoms with E-state index >= 15 is 0 Å². The van der Waals surface area contributed by atoms with E-state index in [1.165, 1.54) is 12.1 Å². The van der Waals surface area contributed by atoms with Gasteiger partial charge in [-0.25, -0.2) is 9.18 Å². The van der Waals surface area contributed by atoms with Gasteiger partial charge in [0.2, 0.25) is 0 Å². The topological polar surface area (TPSA) is 50.4 Å². The SMILES string of the molecule is CCNCCOC(=O)Nc1ccccc1F. The van der Waals surface area contributed by atoms with Crippen LogP contribution in [0, 0.1) is 5.82 Å². The van der Waals surface area contributed by atoms with Crippen molar-refractivity contribution in [3.05, 3.63) is 30.1 Å². The standard InChI is InChI=1S/C11H15FN2O2/c1-2-13-7-8-16-11(15)14-10-6-4-3-5-9(10)12/h3-6,13H,2,7-8H2,1H3,(H,14,15). The molecule has 5 heteroatoms. The normalized spacial score (nSPS) is 9.88. The number of halogens is 1. The van der Waals surface area contributed by atoms with Crippen LogP contribution in [0.15, 0.2) is 24.3 Å². The van der Waals surface area contributed by atoms with Crippen molar-refractivity contribution >= 4 is 11.8 Å². The van der Waals surface area contributed by atoms with Crippen LogP contribution in [-0.4, -0.2) is 25.8 Å². The molecule has 0 aliphatic carbocycles. The van der Waals surface area contributed by atoms with Gasteiger partial charge in [0.25, 0.3) is 0 Å². The minimum Gasteiger partial charge on any atom is -0.448 e. The lowest BCUT2D eigenvalue weighted by Gasteiger charge is -2.07. The van der Waals surface area contributed by atoms with E-state index in [0.717, 1.165) is 6.54 Å². The van der Waals surface area contributed by atoms with E-state index in [0.29, 0.717) is 6.54 Å². The van der Waals surface area contributed by atoms with E-state index in [-0.39, 0.29) is 12.3 Å². The van der Waals surface area contributed by atoms with Gasteiger partial charge in [0.15, 0.2) is 0 Å². The van der Waals surface area contributed by atoms with Crippen molar-refractivity contribution in [2.75, 3.05) is 25.0 Å². The highest BCUT2D eigenvalue weighted by Crippen LogP contribution is 2.12. The summed E-state index contributed by atoms with van der Waals surface area (Å²) in [5.74, 6) is -0.480. The summed E-state index contributed by atoms with van der Waals surface area (Å²) in [6, 6.07) is 5.93. The van der Waals surface area contributed by atoms with E-state index < -0.39 is 11.9 Å². The lowest BCUT2D eigenvalue weighted by atomic mass is 10.3. The summed E-state index contributed by atoms with van der Waals surface area (Å²) in [7, 11) is 0. The number of nitrogens with one attached hydrogen (secondary N) is 2. The van der Waals surface area contributed by atoms with Crippen LogP contribution in [-0.2, 0) is 4.74 Å². The van der Waals surface area contributed by atoms with E-state index in [1.54, 1.807) is 12.1 Å². The van der Waals surface area contributed by atoms with Gasteiger partial charge in [-0.2, -0.15) is 0 Å². The number of rotatable bonds is 5. The van der Waals surface area contributed by atoms with Gasteiger partial charge in [0, 0.05) is 6.54 Å². The predicted octanol–water partition coefficient (Wildman–Crippen LogP) is 1.98. The molecular formula is C11H15FN2O2. The van der Waals surface area contributed by atoms with Crippen LogP contribution in [0.2, 0.25) is 0 Å². The molecule has 0 aliphatic heterocycles. The summed E-state index contributed by atoms with van der Waals surface area (Å²) < 4.78 is 17.9. The molecule has 1 rings (SSSR count). The van der Waals surface area contributed by atoms with E-state index in [4.69, 9.17) is 4.74 Å². The maximum absolute atomic E-state index is 13.1. The highest BCUT2D eigenvalue weighted by Gasteiger charge is 2.05. The van der Waals surface area contributed by atoms with Crippen molar-refractivity contribution < 1.29 is 13.9 Å². The fourth-order valence-corrected chi connectivity index (χ4v) is 1.10. The molecule has 16 heavy (non-hydrogen) atoms. The Balaban J connectivity index is 2.32. The fraction of sp³-hybridized carbons (Fsp3) is 0.364. The van der Waals surface area contributed by atoms with Crippen LogP contribution in [0.3, 0.4) is 0 Å². The molecule has 0 saturated carbocycles. The van der Waals surface area contributed by atoms with Gasteiger partial charge in [-0.05, 0) is 18.7 Å². The quantitative estimate of drug-likeness (QED) is 0.755. The molecule has 2 N–H and O–H groups in total. The highest BCUT2D eigenvalue weighted by atomic mass is 19.1. The number of carbonyl (C=O) groups is 1. The second kappa shape index (κ2) is 6.79. The number of carbonyl (C=O) groups excluding carboxylic acids is 1. The van der Waals surface area contributed by atoms with Crippen molar-refractivity contribution in [1.82, 2.24) is 5.32 Å². The Bertz CT molecular complexity index is 345. The number of para-hydroxylation sites is 1. The van der Waals surface area contributed by atoms with Gasteiger partial charge in [-0.1, -0.05) is 19.1 Å². The molecule has 1 amide bonds. The summed E-state index contributed by atoms with van der Waals surface area (Å²) in [5, 5.41) is 5.32. The van der Waals surface area contributed by atoms with Crippen LogP contribution in [0.1, 0.15) is 6.92 Å². The van der Waals surface area contributed by atoms with Crippen LogP contribution in [0.4, 0.5) is 14.9 Å². The zero-order valence-electron chi connectivity index (χ0n) is 9.13. The van der Waals surface area contributed by atoms with Gasteiger partial charge in [0.05, 0.1) is 5.69 Å². The molecule has 0 fully saturated rings. The zero-order valence-corrected chi connectivity index (χ0v) is 9.13. The van der Waals surface area contributed by atoms with Crippen molar-refractivity contribution in [1.29, 1.82) is 0 Å². The Hall–Kier alpha value is -1.62. The van der Waals surface area contributed by atoms with Gasteiger partial charge in [-0.15, -0.1) is 0 Å². The summed E-state index contributed by atoms with van der Waals surface area (Å²) in [6.45, 7) is 3.62. The van der Waals surface area contributed by atoms with Crippen LogP contribution in [0.5, 0.6) is 0 Å². The summed E-state index contributed by atoms with van der Waals surface area (Å²) in [4.78, 5) is 11.2. The second-order valence-corrected chi connectivity index (χ2v) is 3.09. The van der Waals surface area contributed by atoms with E-state index in [2.05, 4.69) is 10.6 Å². The van der Waals surface area contributed by atoms with E-state index in [1.807, 2.05) is 6.92 Å². The van der Waals surface area contributed by atoms with E-state index in [9.17, 15) is 9.18 Å². The first-order chi connectivity index (χ1) is 7.74. The lowest BCUT2D eigenvalue weighted by Crippen LogP contribution is -2.23. The largest absolute Gasteiger partial charge is 0.448 e. The molecule has 0 bridgehead atoms. The molecule has 88 valence electrons. The average Bonchev–Trinajstić information content (AvgIpc) is 2.28. The number of hydrogen-bond donors (Lipinski definition) is 2. The Kier molecular flexibility index (Phi) is 5.28. The number of hydrogen-bond acceptors (Lipinski definition) is 3. The molecule has 0 heterocycles. The molecule has 4 nitrogen and oxygen atoms in total. The van der Waals surface area contributed by atoms with Crippen LogP contribution in [0.25, 0.3) is 0 Å². The molecule has 1 aromatic carbocycles. The summed E-state index contributed by atoms with van der Waals surface area (Å²) in [5.41, 5.74) is 0.121. The first-order valence-electron chi connectivity index (χ1n) is 5.13. The van der Waals surface area contributed by atoms with Crippen LogP contribution < -0.4 is 10.6 Å². The second-order valence-electron chi connectivity index (χ2n) is 3.09. The molecule has 0 unspecified atom stereocenters. The van der Waals surface area contributed by atoms with Crippen molar-refractivity contribution in [3.63, 3.8) is 0 Å². The number of ether oxygens (including phenoxy) is 1. The average molecular weight is 226 g/mol. The fourth-order valence-electron chi connectivity index (χ4n) is 1.10. The van der Waals surface area contributed by atoms with Crippen molar-refractivity contribution in [3.8, 4) is 0 Å². The Labute approximate surface area is 93.8 Å². The minimum atomic E-state index is -0.650. The van der Waals surface area contributed by atoms with Gasteiger partial charge >= 0.3 is 6.09 Å². The Morgan fingerprint density at radius 2 is 2.19 bits per heavy atom. The molecule has 0 atom stereocenters. The van der Waals surface area contributed by atoms with Gasteiger partial charge < -0.3 is 10.1 Å². The molecule has 0 aromatic heterocycles. The lowest BCUT2D eigenvalue weighted by molar-refractivity contribution is 0.162. The highest BCUT2D eigenvalue weighted by molar-refractivity contribution is 5.84. The third-order valence-corrected chi connectivity index (χ3v) is 1.87. The molecular weight excluding hydrogens is 211 g/mol. The van der Waals surface area contributed by atoms with Crippen LogP contribution >= 0.6 is 0 Å². The third kappa shape index (κ3) is 4.27. The molecule has 0 radical (unpaired) electrons. The maximum Gasteiger partial charge on any atom is 0.411 e. The third-order valence-electron chi connectivity index (χ3n) is 1.87. The molecule has 0 aliphatic rings. The number of likely N-dealkylation sites (N-methyl/N-ethyl adjacent to an activating group) is 1. The summed E-state index contributed by atoms with van der Waals surface area (Å²) >= 11 is 0. The number of anilines is 1. The predicted molar refractivity (Wildman–Crippen MR) is 59.9 cm³/mol. The monoisotopic (exact) mass is 226 g/mol. The Morgan fingerprint density at radius 1 is 1.44 bits per heavy atom. The minimum absolute atomic E-state index is 0.121. The molecule has 0 spiro atoms. The smallest absolute Gasteiger partial charge is 0.411 e. The van der Waals surface area contributed by atoms with Crippen molar-refractivity contribution in [2.45, 2.75) is 6.92 Å². The number of benzene rings is 1. The molecule has 0 saturated heterocycles. The summed E-state index contributed by atoms with van der Waals surface area (Å²) in [6.07, 6.45) is -0.650. The first-order valence-corrected chi connectivity index (χ1v) is 5.13.